The number of allylic oxidation sites excluding steroid dienone is 4. The van der Waals surface area contributed by atoms with Crippen LogP contribution in [-0.4, -0.2) is 23.3 Å². The summed E-state index contributed by atoms with van der Waals surface area (Å²) < 4.78 is 6.62. The number of rotatable bonds is 3. The molecule has 25 heavy (non-hydrogen) atoms. The van der Waals surface area contributed by atoms with Gasteiger partial charge in [-0.3, -0.25) is 0 Å². The molecule has 136 valence electrons. The SMILES string of the molecule is C/C=C(\C)[C@H]1OC2C(C)=CC(C)(/C=C/C(=O)O)[C@@H]3C(C)=C[C@@]1(C)[C@]23C. The lowest BCUT2D eigenvalue weighted by Crippen LogP contribution is -2.51. The Morgan fingerprint density at radius 3 is 2.40 bits per heavy atom. The van der Waals surface area contributed by atoms with E-state index < -0.39 is 5.97 Å². The molecule has 2 aliphatic carbocycles. The summed E-state index contributed by atoms with van der Waals surface area (Å²) in [4.78, 5) is 11.1. The number of carboxylic acids is 1. The van der Waals surface area contributed by atoms with E-state index in [2.05, 4.69) is 66.7 Å². The van der Waals surface area contributed by atoms with Crippen LogP contribution in [0.15, 0.2) is 47.1 Å². The molecule has 0 spiro atoms. The van der Waals surface area contributed by atoms with E-state index >= 15 is 0 Å². The van der Waals surface area contributed by atoms with Crippen LogP contribution in [0.4, 0.5) is 0 Å². The van der Waals surface area contributed by atoms with Crippen molar-refractivity contribution >= 4 is 5.97 Å². The molecule has 3 rings (SSSR count). The molecule has 0 aromatic heterocycles. The van der Waals surface area contributed by atoms with Crippen molar-refractivity contribution in [1.82, 2.24) is 0 Å². The number of hydrogen-bond donors (Lipinski definition) is 1. The minimum absolute atomic E-state index is 0.0570. The highest BCUT2D eigenvalue weighted by Gasteiger charge is 2.70. The second kappa shape index (κ2) is 5.44. The molecule has 0 radical (unpaired) electrons. The standard InChI is InChI=1S/C22H30O3/c1-8-13(2)18-21(6)12-14(3)17-20(5,10-9-16(23)24)11-15(4)19(25-18)22(17,21)7/h8-12,17-19H,1-7H3,(H,23,24)/b10-9+,13-8+/t17-,18+,19?,20?,21+,22-/m0/s1. The summed E-state index contributed by atoms with van der Waals surface area (Å²) in [7, 11) is 0. The molecule has 6 atom stereocenters. The molecular weight excluding hydrogens is 312 g/mol. The Kier molecular flexibility index (Phi) is 3.96. The summed E-state index contributed by atoms with van der Waals surface area (Å²) in [6.07, 6.45) is 10.0. The van der Waals surface area contributed by atoms with Gasteiger partial charge in [0.1, 0.15) is 0 Å². The Morgan fingerprint density at radius 1 is 1.20 bits per heavy atom. The minimum atomic E-state index is -0.896. The highest BCUT2D eigenvalue weighted by atomic mass is 16.5. The number of carbonyl (C=O) groups is 1. The summed E-state index contributed by atoms with van der Waals surface area (Å²) in [6, 6.07) is 0. The first-order chi connectivity index (χ1) is 11.5. The van der Waals surface area contributed by atoms with Crippen LogP contribution in [0.1, 0.15) is 48.5 Å². The molecule has 3 aliphatic rings. The number of ether oxygens (including phenoxy) is 1. The fraction of sp³-hybridized carbons (Fsp3) is 0.591. The van der Waals surface area contributed by atoms with Crippen LogP contribution in [0.2, 0.25) is 0 Å². The maximum Gasteiger partial charge on any atom is 0.328 e. The van der Waals surface area contributed by atoms with E-state index in [9.17, 15) is 4.79 Å². The van der Waals surface area contributed by atoms with Gasteiger partial charge in [0.05, 0.1) is 12.2 Å². The quantitative estimate of drug-likeness (QED) is 0.585. The third kappa shape index (κ3) is 2.18. The third-order valence-corrected chi connectivity index (χ3v) is 7.13. The van der Waals surface area contributed by atoms with Crippen LogP contribution in [0.3, 0.4) is 0 Å². The van der Waals surface area contributed by atoms with Crippen LogP contribution >= 0.6 is 0 Å². The van der Waals surface area contributed by atoms with Crippen molar-refractivity contribution in [3.63, 3.8) is 0 Å². The maximum atomic E-state index is 11.1. The number of aliphatic carboxylic acids is 1. The number of carboxylic acid groups (broad SMARTS) is 1. The maximum absolute atomic E-state index is 11.1. The zero-order valence-electron chi connectivity index (χ0n) is 16.4. The summed E-state index contributed by atoms with van der Waals surface area (Å²) >= 11 is 0. The number of hydrogen-bond acceptors (Lipinski definition) is 2. The highest BCUT2D eigenvalue weighted by Crippen LogP contribution is 2.71. The predicted octanol–water partition coefficient (Wildman–Crippen LogP) is 4.92. The summed E-state index contributed by atoms with van der Waals surface area (Å²) in [5.41, 5.74) is 3.29. The Balaban J connectivity index is 2.21. The van der Waals surface area contributed by atoms with E-state index in [1.807, 2.05) is 6.08 Å². The van der Waals surface area contributed by atoms with Crippen molar-refractivity contribution in [2.75, 3.05) is 0 Å². The van der Waals surface area contributed by atoms with Gasteiger partial charge < -0.3 is 9.84 Å². The van der Waals surface area contributed by atoms with E-state index in [1.165, 1.54) is 22.8 Å². The molecule has 3 heteroatoms. The normalized spacial score (nSPS) is 46.2. The van der Waals surface area contributed by atoms with E-state index in [-0.39, 0.29) is 34.4 Å². The molecule has 1 heterocycles. The highest BCUT2D eigenvalue weighted by molar-refractivity contribution is 5.80. The third-order valence-electron chi connectivity index (χ3n) is 7.13. The van der Waals surface area contributed by atoms with Gasteiger partial charge in [-0.1, -0.05) is 50.6 Å². The van der Waals surface area contributed by atoms with E-state index in [0.29, 0.717) is 0 Å². The lowest BCUT2D eigenvalue weighted by atomic mass is 9.50. The molecule has 1 N–H and O–H groups in total. The predicted molar refractivity (Wildman–Crippen MR) is 100 cm³/mol. The van der Waals surface area contributed by atoms with Gasteiger partial charge in [0.25, 0.3) is 0 Å². The Morgan fingerprint density at radius 2 is 1.84 bits per heavy atom. The van der Waals surface area contributed by atoms with Crippen LogP contribution < -0.4 is 0 Å². The summed E-state index contributed by atoms with van der Waals surface area (Å²) in [5.74, 6) is -0.670. The zero-order chi connectivity index (χ0) is 18.8. The van der Waals surface area contributed by atoms with E-state index in [4.69, 9.17) is 9.84 Å². The van der Waals surface area contributed by atoms with Gasteiger partial charge >= 0.3 is 5.97 Å². The van der Waals surface area contributed by atoms with Gasteiger partial charge in [0.15, 0.2) is 0 Å². The second-order valence-corrected chi connectivity index (χ2v) is 8.74. The first-order valence-electron chi connectivity index (χ1n) is 9.10. The van der Waals surface area contributed by atoms with Crippen molar-refractivity contribution in [2.24, 2.45) is 22.2 Å². The summed E-state index contributed by atoms with van der Waals surface area (Å²) in [5, 5.41) is 9.15. The fourth-order valence-electron chi connectivity index (χ4n) is 6.20. The van der Waals surface area contributed by atoms with E-state index in [0.717, 1.165) is 0 Å². The molecule has 1 fully saturated rings. The van der Waals surface area contributed by atoms with E-state index in [1.54, 1.807) is 0 Å². The lowest BCUT2D eigenvalue weighted by molar-refractivity contribution is -0.131. The Hall–Kier alpha value is -1.61. The Bertz CT molecular complexity index is 740. The van der Waals surface area contributed by atoms with Crippen LogP contribution in [0.5, 0.6) is 0 Å². The van der Waals surface area contributed by atoms with Gasteiger partial charge in [-0.15, -0.1) is 0 Å². The molecule has 0 aromatic rings. The van der Waals surface area contributed by atoms with Crippen LogP contribution in [0, 0.1) is 22.2 Å². The topological polar surface area (TPSA) is 46.5 Å². The average Bonchev–Trinajstić information content (AvgIpc) is 2.86. The molecule has 0 bridgehead atoms. The molecule has 0 aromatic carbocycles. The average molecular weight is 342 g/mol. The first-order valence-corrected chi connectivity index (χ1v) is 9.10. The largest absolute Gasteiger partial charge is 0.478 e. The van der Waals surface area contributed by atoms with Gasteiger partial charge in [0, 0.05) is 28.2 Å². The molecule has 0 saturated carbocycles. The van der Waals surface area contributed by atoms with Gasteiger partial charge in [-0.25, -0.2) is 4.79 Å². The van der Waals surface area contributed by atoms with Crippen molar-refractivity contribution in [3.8, 4) is 0 Å². The fourth-order valence-corrected chi connectivity index (χ4v) is 6.20. The van der Waals surface area contributed by atoms with Crippen LogP contribution in [-0.2, 0) is 9.53 Å². The molecule has 1 aliphatic heterocycles. The van der Waals surface area contributed by atoms with Crippen molar-refractivity contribution < 1.29 is 14.6 Å². The van der Waals surface area contributed by atoms with Gasteiger partial charge in [-0.2, -0.15) is 0 Å². The van der Waals surface area contributed by atoms with Gasteiger partial charge in [0.2, 0.25) is 0 Å². The monoisotopic (exact) mass is 342 g/mol. The molecule has 3 nitrogen and oxygen atoms in total. The molecule has 0 amide bonds. The summed E-state index contributed by atoms with van der Waals surface area (Å²) in [6.45, 7) is 15.3. The lowest BCUT2D eigenvalue weighted by Gasteiger charge is -2.52. The first kappa shape index (κ1) is 18.2. The van der Waals surface area contributed by atoms with Crippen LogP contribution in [0.25, 0.3) is 0 Å². The van der Waals surface area contributed by atoms with Crippen molar-refractivity contribution in [2.45, 2.75) is 60.7 Å². The smallest absolute Gasteiger partial charge is 0.328 e. The molecule has 2 unspecified atom stereocenters. The second-order valence-electron chi connectivity index (χ2n) is 8.74. The molecule has 1 saturated heterocycles. The Labute approximate surface area is 151 Å². The minimum Gasteiger partial charge on any atom is -0.478 e. The van der Waals surface area contributed by atoms with Gasteiger partial charge in [-0.05, 0) is 38.8 Å². The molecular formula is C22H30O3. The van der Waals surface area contributed by atoms with Crippen molar-refractivity contribution in [3.05, 3.63) is 47.1 Å². The zero-order valence-corrected chi connectivity index (χ0v) is 16.4. The van der Waals surface area contributed by atoms with Crippen molar-refractivity contribution in [1.29, 1.82) is 0 Å².